The fraction of sp³-hybridized carbons (Fsp3) is 1.00. The fourth-order valence-electron chi connectivity index (χ4n) is 0.578. The zero-order valence-electron chi connectivity index (χ0n) is 19.9. The van der Waals surface area contributed by atoms with Crippen molar-refractivity contribution in [1.29, 1.82) is 0 Å². The van der Waals surface area contributed by atoms with Crippen molar-refractivity contribution < 1.29 is 51.1 Å². The molecule has 0 aliphatic heterocycles. The first-order valence-corrected chi connectivity index (χ1v) is 10.4. The van der Waals surface area contributed by atoms with Gasteiger partial charge in [0.15, 0.2) is 0 Å². The number of unbranched alkanes of at least 4 members (excludes halogenated alkanes) is 3. The lowest BCUT2D eigenvalue weighted by Gasteiger charge is -1.96. The van der Waals surface area contributed by atoms with Crippen LogP contribution in [0.1, 0.15) is 66.2 Å². The molecule has 0 spiro atoms. The van der Waals surface area contributed by atoms with E-state index >= 15 is 0 Å². The molecule has 0 aromatic carbocycles. The topological polar surface area (TPSA) is 202 Å². The summed E-state index contributed by atoms with van der Waals surface area (Å²) in [6.07, 6.45) is 5.29. The molecule has 0 unspecified atom stereocenters. The quantitative estimate of drug-likeness (QED) is 0.197. The minimum absolute atomic E-state index is 0.125. The van der Waals surface area contributed by atoms with Gasteiger partial charge in [0.2, 0.25) is 0 Å². The number of hydrogen-bond acceptors (Lipinski definition) is 10. The predicted molar refractivity (Wildman–Crippen MR) is 121 cm³/mol. The molecule has 0 aliphatic carbocycles. The van der Waals surface area contributed by atoms with E-state index in [4.69, 9.17) is 51.1 Å². The summed E-state index contributed by atoms with van der Waals surface area (Å²) >= 11 is 0. The summed E-state index contributed by atoms with van der Waals surface area (Å²) < 4.78 is 0. The third kappa shape index (κ3) is 174. The van der Waals surface area contributed by atoms with E-state index in [1.165, 1.54) is 6.42 Å². The highest BCUT2D eigenvalue weighted by atomic mass is 16.3. The van der Waals surface area contributed by atoms with Crippen molar-refractivity contribution in [2.75, 3.05) is 60.0 Å². The molecule has 0 saturated carbocycles. The zero-order valence-corrected chi connectivity index (χ0v) is 19.9. The van der Waals surface area contributed by atoms with Crippen molar-refractivity contribution in [3.05, 3.63) is 0 Å². The van der Waals surface area contributed by atoms with E-state index in [9.17, 15) is 0 Å². The highest BCUT2D eigenvalue weighted by molar-refractivity contribution is 4.44. The molecule has 0 rings (SSSR count). The van der Waals surface area contributed by atoms with Crippen LogP contribution in [-0.4, -0.2) is 117 Å². The average molecular weight is 455 g/mol. The number of rotatable bonds is 9. The van der Waals surface area contributed by atoms with Crippen molar-refractivity contribution in [2.24, 2.45) is 0 Å². The SMILES string of the molecule is CCCCCO.CCCCO.CCCO.CCO.CO.OCC(O)CO.OCCO. The van der Waals surface area contributed by atoms with E-state index in [0.29, 0.717) is 19.8 Å². The Kier molecular flexibility index (Phi) is 125. The van der Waals surface area contributed by atoms with Crippen LogP contribution in [0.25, 0.3) is 0 Å². The standard InChI is InChI=1S/C5H12O.C4H10O.C3H8O3.C3H8O.C2H6O2.C2H6O.CH4O/c1-2-3-4-5-6;1-2-3-4-5;4-1-3(6)2-5;1-2-3-4;3-1-2-4;1-2-3;1-2/h6H,2-5H2,1H3;5H,2-4H2,1H3;3-6H,1-2H2;4H,2-3H2,1H3;3-4H,1-2H2;3H,2H2,1H3;2H,1H3. The molecular formula is C20H54O10. The van der Waals surface area contributed by atoms with Gasteiger partial charge in [0.1, 0.15) is 6.10 Å². The fourth-order valence-corrected chi connectivity index (χ4v) is 0.578. The van der Waals surface area contributed by atoms with Crippen LogP contribution < -0.4 is 0 Å². The van der Waals surface area contributed by atoms with Crippen LogP contribution in [0.2, 0.25) is 0 Å². The Labute approximate surface area is 184 Å². The molecule has 0 bridgehead atoms. The zero-order chi connectivity index (χ0) is 25.5. The largest absolute Gasteiger partial charge is 0.400 e. The van der Waals surface area contributed by atoms with Gasteiger partial charge in [-0.25, -0.2) is 0 Å². The van der Waals surface area contributed by atoms with Crippen LogP contribution in [0, 0.1) is 0 Å². The highest BCUT2D eigenvalue weighted by Gasteiger charge is 1.93. The number of hydrogen-bond donors (Lipinski definition) is 10. The van der Waals surface area contributed by atoms with Crippen LogP contribution in [0.5, 0.6) is 0 Å². The first-order valence-electron chi connectivity index (χ1n) is 10.4. The van der Waals surface area contributed by atoms with Gasteiger partial charge in [-0.05, 0) is 26.2 Å². The normalized spacial score (nSPS) is 8.00. The Morgan fingerprint density at radius 3 is 0.800 bits per heavy atom. The van der Waals surface area contributed by atoms with Crippen LogP contribution in [0.15, 0.2) is 0 Å². The molecule has 0 aliphatic rings. The second kappa shape index (κ2) is 79.1. The summed E-state index contributed by atoms with van der Waals surface area (Å²) in [5.74, 6) is 0. The first-order chi connectivity index (χ1) is 14.4. The molecule has 30 heavy (non-hydrogen) atoms. The van der Waals surface area contributed by atoms with Crippen LogP contribution in [0.3, 0.4) is 0 Å². The summed E-state index contributed by atoms with van der Waals surface area (Å²) in [6, 6.07) is 0. The lowest BCUT2D eigenvalue weighted by Crippen LogP contribution is -2.15. The van der Waals surface area contributed by atoms with E-state index in [2.05, 4.69) is 13.8 Å². The lowest BCUT2D eigenvalue weighted by molar-refractivity contribution is 0.0450. The van der Waals surface area contributed by atoms with Gasteiger partial charge in [-0.3, -0.25) is 0 Å². The second-order valence-electron chi connectivity index (χ2n) is 5.01. The second-order valence-corrected chi connectivity index (χ2v) is 5.01. The Bertz CT molecular complexity index is 149. The molecule has 0 aromatic heterocycles. The highest BCUT2D eigenvalue weighted by Crippen LogP contribution is 1.89. The summed E-state index contributed by atoms with van der Waals surface area (Å²) in [5, 5.41) is 78.0. The molecule has 0 atom stereocenters. The molecule has 0 amide bonds. The van der Waals surface area contributed by atoms with Crippen molar-refractivity contribution in [3.63, 3.8) is 0 Å². The summed E-state index contributed by atoms with van der Waals surface area (Å²) in [7, 11) is 1.00. The van der Waals surface area contributed by atoms with E-state index in [1.54, 1.807) is 6.92 Å². The Hall–Kier alpha value is -0.400. The molecular weight excluding hydrogens is 400 g/mol. The predicted octanol–water partition coefficient (Wildman–Crippen LogP) is -0.754. The van der Waals surface area contributed by atoms with Gasteiger partial charge in [0.05, 0.1) is 26.4 Å². The van der Waals surface area contributed by atoms with E-state index in [1.807, 2.05) is 6.92 Å². The molecule has 10 N–H and O–H groups in total. The summed E-state index contributed by atoms with van der Waals surface area (Å²) in [6.45, 7) is 8.07. The smallest absolute Gasteiger partial charge is 0.100 e. The average Bonchev–Trinajstić information content (AvgIpc) is 2.80. The van der Waals surface area contributed by atoms with E-state index < -0.39 is 6.10 Å². The first kappa shape index (κ1) is 47.4. The van der Waals surface area contributed by atoms with Crippen molar-refractivity contribution in [1.82, 2.24) is 0 Å². The van der Waals surface area contributed by atoms with Crippen LogP contribution >= 0.6 is 0 Å². The molecule has 0 saturated heterocycles. The Balaban J connectivity index is -0.0000000422. The van der Waals surface area contributed by atoms with Gasteiger partial charge in [0, 0.05) is 33.5 Å². The maximum Gasteiger partial charge on any atom is 0.100 e. The Morgan fingerprint density at radius 2 is 0.767 bits per heavy atom. The minimum atomic E-state index is -0.954. The van der Waals surface area contributed by atoms with Gasteiger partial charge in [-0.15, -0.1) is 0 Å². The van der Waals surface area contributed by atoms with Gasteiger partial charge in [-0.1, -0.05) is 40.0 Å². The van der Waals surface area contributed by atoms with Gasteiger partial charge >= 0.3 is 0 Å². The van der Waals surface area contributed by atoms with Crippen LogP contribution in [0.4, 0.5) is 0 Å². The van der Waals surface area contributed by atoms with Crippen molar-refractivity contribution in [3.8, 4) is 0 Å². The molecule has 10 nitrogen and oxygen atoms in total. The lowest BCUT2D eigenvalue weighted by atomic mass is 10.3. The monoisotopic (exact) mass is 454 g/mol. The van der Waals surface area contributed by atoms with E-state index in [-0.39, 0.29) is 33.0 Å². The maximum absolute atomic E-state index is 8.20. The maximum atomic E-state index is 8.20. The molecule has 10 heteroatoms. The summed E-state index contributed by atoms with van der Waals surface area (Å²) in [4.78, 5) is 0. The minimum Gasteiger partial charge on any atom is -0.400 e. The van der Waals surface area contributed by atoms with E-state index in [0.717, 1.165) is 39.2 Å². The third-order valence-electron chi connectivity index (χ3n) is 2.02. The molecule has 0 radical (unpaired) electrons. The van der Waals surface area contributed by atoms with Crippen molar-refractivity contribution >= 4 is 0 Å². The molecule has 0 heterocycles. The van der Waals surface area contributed by atoms with Gasteiger partial charge in [-0.2, -0.15) is 0 Å². The van der Waals surface area contributed by atoms with Gasteiger partial charge in [0.25, 0.3) is 0 Å². The van der Waals surface area contributed by atoms with Gasteiger partial charge < -0.3 is 51.1 Å². The molecule has 0 fully saturated rings. The van der Waals surface area contributed by atoms with Crippen molar-refractivity contribution in [2.45, 2.75) is 72.3 Å². The van der Waals surface area contributed by atoms with Crippen LogP contribution in [-0.2, 0) is 0 Å². The molecule has 194 valence electrons. The summed E-state index contributed by atoms with van der Waals surface area (Å²) in [5.41, 5.74) is 0. The number of aliphatic hydroxyl groups excluding tert-OH is 10. The molecule has 0 aromatic rings. The Morgan fingerprint density at radius 1 is 0.467 bits per heavy atom. The number of aliphatic hydroxyl groups is 10. The third-order valence-corrected chi connectivity index (χ3v) is 2.02.